The summed E-state index contributed by atoms with van der Waals surface area (Å²) >= 11 is 5.61. The van der Waals surface area contributed by atoms with Gasteiger partial charge in [-0.1, -0.05) is 27.2 Å². The molecule has 0 radical (unpaired) electrons. The summed E-state index contributed by atoms with van der Waals surface area (Å²) in [5.74, 6) is 0.664. The number of unbranched alkanes of at least 4 members (excludes halogenated alkanes) is 2. The Hall–Kier alpha value is -0.110. The van der Waals surface area contributed by atoms with Crippen LogP contribution < -0.4 is 0 Å². The molecule has 0 N–H and O–H groups in total. The first-order chi connectivity index (χ1) is 19.6. The lowest BCUT2D eigenvalue weighted by Crippen LogP contribution is -2.28. The Morgan fingerprint density at radius 1 is 0.415 bits per heavy atom. The van der Waals surface area contributed by atoms with Crippen molar-refractivity contribution in [1.82, 2.24) is 9.80 Å². The quantitative estimate of drug-likeness (QED) is 0.0813. The van der Waals surface area contributed by atoms with E-state index in [2.05, 4.69) is 23.8 Å². The zero-order valence-corrected chi connectivity index (χ0v) is 27.3. The molecular weight excluding hydrogens is 552 g/mol. The first kappa shape index (κ1) is 45.3. The van der Waals surface area contributed by atoms with E-state index in [9.17, 15) is 0 Å². The van der Waals surface area contributed by atoms with Crippen LogP contribution in [0.5, 0.6) is 0 Å². The van der Waals surface area contributed by atoms with Crippen molar-refractivity contribution in [2.75, 3.05) is 152 Å². The zero-order chi connectivity index (χ0) is 29.8. The third-order valence-electron chi connectivity index (χ3n) is 5.48. The van der Waals surface area contributed by atoms with Crippen LogP contribution in [0.1, 0.15) is 47.5 Å². The average Bonchev–Trinajstić information content (AvgIpc) is 2.95. The van der Waals surface area contributed by atoms with Crippen LogP contribution in [0.25, 0.3) is 0 Å². The van der Waals surface area contributed by atoms with Gasteiger partial charge in [-0.25, -0.2) is 0 Å². The fourth-order valence-electron chi connectivity index (χ4n) is 2.97. The summed E-state index contributed by atoms with van der Waals surface area (Å²) in [7, 11) is 4.11. The van der Waals surface area contributed by atoms with E-state index in [0.29, 0.717) is 78.6 Å². The Kier molecular flexibility index (Phi) is 46.5. The summed E-state index contributed by atoms with van der Waals surface area (Å²) in [4.78, 5) is 4.35. The van der Waals surface area contributed by atoms with Crippen LogP contribution in [-0.4, -0.2) is 162 Å². The van der Waals surface area contributed by atoms with Gasteiger partial charge in [0, 0.05) is 51.9 Å². The SMILES string of the molecule is C.CCCCCOCCOCCN(C)CCOCCOCCOCC.CCOCCOCCOCCN(C)CCCl. The molecule has 0 amide bonds. The summed E-state index contributed by atoms with van der Waals surface area (Å²) in [5, 5.41) is 0. The van der Waals surface area contributed by atoms with Gasteiger partial charge in [0.2, 0.25) is 0 Å². The number of halogens is 1. The second kappa shape index (κ2) is 42.0. The monoisotopic (exact) mass is 618 g/mol. The maximum atomic E-state index is 5.61. The van der Waals surface area contributed by atoms with Gasteiger partial charge in [0.05, 0.1) is 85.9 Å². The van der Waals surface area contributed by atoms with Gasteiger partial charge in [-0.3, -0.25) is 0 Å². The minimum atomic E-state index is 0. The molecule has 252 valence electrons. The minimum absolute atomic E-state index is 0. The summed E-state index contributed by atoms with van der Waals surface area (Å²) in [6.45, 7) is 20.8. The molecule has 10 nitrogen and oxygen atoms in total. The molecule has 0 fully saturated rings. The molecule has 0 aromatic heterocycles. The maximum Gasteiger partial charge on any atom is 0.0701 e. The minimum Gasteiger partial charge on any atom is -0.379 e. The Balaban J connectivity index is -0.000000742. The van der Waals surface area contributed by atoms with Crippen LogP contribution in [-0.2, 0) is 37.9 Å². The largest absolute Gasteiger partial charge is 0.379 e. The number of rotatable bonds is 32. The van der Waals surface area contributed by atoms with E-state index in [1.54, 1.807) is 0 Å². The molecular formula is C30H67ClN2O8. The fourth-order valence-corrected chi connectivity index (χ4v) is 3.26. The smallest absolute Gasteiger partial charge is 0.0701 e. The highest BCUT2D eigenvalue weighted by atomic mass is 35.5. The Morgan fingerprint density at radius 2 is 0.732 bits per heavy atom. The van der Waals surface area contributed by atoms with E-state index in [1.807, 2.05) is 20.9 Å². The summed E-state index contributed by atoms with van der Waals surface area (Å²) in [6.07, 6.45) is 3.63. The lowest BCUT2D eigenvalue weighted by Gasteiger charge is -2.16. The van der Waals surface area contributed by atoms with Crippen LogP contribution >= 0.6 is 11.6 Å². The highest BCUT2D eigenvalue weighted by Gasteiger charge is 1.99. The van der Waals surface area contributed by atoms with Crippen molar-refractivity contribution < 1.29 is 37.9 Å². The lowest BCUT2D eigenvalue weighted by molar-refractivity contribution is 0.0107. The molecule has 0 bridgehead atoms. The predicted octanol–water partition coefficient (Wildman–Crippen LogP) is 4.07. The average molecular weight is 619 g/mol. The lowest BCUT2D eigenvalue weighted by atomic mass is 10.3. The number of ether oxygens (including phenoxy) is 8. The third-order valence-corrected chi connectivity index (χ3v) is 5.65. The van der Waals surface area contributed by atoms with Crippen molar-refractivity contribution in [2.45, 2.75) is 47.5 Å². The van der Waals surface area contributed by atoms with Crippen LogP contribution in [0.2, 0.25) is 0 Å². The topological polar surface area (TPSA) is 80.3 Å². The molecule has 0 aliphatic rings. The molecule has 0 aliphatic carbocycles. The first-order valence-electron chi connectivity index (χ1n) is 15.2. The molecule has 0 spiro atoms. The van der Waals surface area contributed by atoms with Crippen molar-refractivity contribution in [3.05, 3.63) is 0 Å². The van der Waals surface area contributed by atoms with Gasteiger partial charge in [-0.05, 0) is 34.4 Å². The third kappa shape index (κ3) is 44.5. The Bertz CT molecular complexity index is 423. The van der Waals surface area contributed by atoms with Gasteiger partial charge in [-0.2, -0.15) is 0 Å². The number of nitrogens with zero attached hydrogens (tertiary/aromatic N) is 2. The van der Waals surface area contributed by atoms with Gasteiger partial charge in [-0.15, -0.1) is 11.6 Å². The number of hydrogen-bond acceptors (Lipinski definition) is 10. The van der Waals surface area contributed by atoms with Gasteiger partial charge in [0.1, 0.15) is 0 Å². The highest BCUT2D eigenvalue weighted by Crippen LogP contribution is 1.94. The Labute approximate surface area is 258 Å². The fraction of sp³-hybridized carbons (Fsp3) is 1.00. The van der Waals surface area contributed by atoms with Crippen LogP contribution in [0.15, 0.2) is 0 Å². The number of hydrogen-bond donors (Lipinski definition) is 0. The van der Waals surface area contributed by atoms with E-state index < -0.39 is 0 Å². The molecule has 0 aliphatic heterocycles. The van der Waals surface area contributed by atoms with E-state index >= 15 is 0 Å². The number of alkyl halides is 1. The van der Waals surface area contributed by atoms with Gasteiger partial charge < -0.3 is 47.7 Å². The molecule has 0 atom stereocenters. The predicted molar refractivity (Wildman–Crippen MR) is 170 cm³/mol. The van der Waals surface area contributed by atoms with Crippen molar-refractivity contribution in [3.8, 4) is 0 Å². The van der Waals surface area contributed by atoms with Gasteiger partial charge >= 0.3 is 0 Å². The number of likely N-dealkylation sites (N-methyl/N-ethyl adjacent to an activating group) is 2. The first-order valence-corrected chi connectivity index (χ1v) is 15.7. The molecule has 41 heavy (non-hydrogen) atoms. The second-order valence-electron chi connectivity index (χ2n) is 9.07. The highest BCUT2D eigenvalue weighted by molar-refractivity contribution is 6.18. The van der Waals surface area contributed by atoms with E-state index in [0.717, 1.165) is 65.6 Å². The molecule has 0 unspecified atom stereocenters. The van der Waals surface area contributed by atoms with Crippen LogP contribution in [0, 0.1) is 0 Å². The summed E-state index contributed by atoms with van der Waals surface area (Å²) in [6, 6.07) is 0. The van der Waals surface area contributed by atoms with Crippen LogP contribution in [0.3, 0.4) is 0 Å². The molecule has 11 heteroatoms. The van der Waals surface area contributed by atoms with Crippen molar-refractivity contribution in [3.63, 3.8) is 0 Å². The van der Waals surface area contributed by atoms with E-state index in [-0.39, 0.29) is 7.43 Å². The molecule has 0 saturated carbocycles. The summed E-state index contributed by atoms with van der Waals surface area (Å²) < 4.78 is 43.0. The van der Waals surface area contributed by atoms with Crippen LogP contribution in [0.4, 0.5) is 0 Å². The Morgan fingerprint density at radius 3 is 1.07 bits per heavy atom. The zero-order valence-electron chi connectivity index (χ0n) is 26.5. The van der Waals surface area contributed by atoms with E-state index in [4.69, 9.17) is 49.5 Å². The standard InChI is InChI=1S/C18H39NO5.C11H24ClNO3.CH4/c1-4-6-7-10-21-15-16-22-11-8-19(3)9-12-23-17-18-24-14-13-20-5-2;1-3-14-8-9-16-11-10-15-7-6-13(2)5-4-12;/h4-18H2,1-3H3;3-11H2,1-2H3;1H4. The maximum absolute atomic E-state index is 5.61. The molecule has 0 heterocycles. The van der Waals surface area contributed by atoms with Crippen molar-refractivity contribution >= 4 is 11.6 Å². The molecule has 0 aromatic carbocycles. The van der Waals surface area contributed by atoms with Gasteiger partial charge in [0.25, 0.3) is 0 Å². The van der Waals surface area contributed by atoms with Crippen molar-refractivity contribution in [1.29, 1.82) is 0 Å². The summed E-state index contributed by atoms with van der Waals surface area (Å²) in [5.41, 5.74) is 0. The van der Waals surface area contributed by atoms with Crippen molar-refractivity contribution in [2.24, 2.45) is 0 Å². The van der Waals surface area contributed by atoms with E-state index in [1.165, 1.54) is 12.8 Å². The second-order valence-corrected chi connectivity index (χ2v) is 9.45. The normalized spacial score (nSPS) is 11.1. The van der Waals surface area contributed by atoms with Gasteiger partial charge in [0.15, 0.2) is 0 Å². The molecule has 0 aromatic rings. The molecule has 0 rings (SSSR count). The molecule has 0 saturated heterocycles.